The van der Waals surface area contributed by atoms with Crippen LogP contribution in [-0.4, -0.2) is 43.2 Å². The lowest BCUT2D eigenvalue weighted by Gasteiger charge is -2.35. The van der Waals surface area contributed by atoms with Gasteiger partial charge in [-0.05, 0) is 25.0 Å². The van der Waals surface area contributed by atoms with Crippen LogP contribution in [0.3, 0.4) is 0 Å². The maximum atomic E-state index is 9.32. The molecule has 124 valence electrons. The number of hydrogen-bond donors (Lipinski definition) is 1. The van der Waals surface area contributed by atoms with Crippen LogP contribution in [0.1, 0.15) is 18.4 Å². The van der Waals surface area contributed by atoms with Gasteiger partial charge < -0.3 is 15.1 Å². The molecule has 1 unspecified atom stereocenters. The summed E-state index contributed by atoms with van der Waals surface area (Å²) in [5.74, 6) is 1.73. The fourth-order valence-corrected chi connectivity index (χ4v) is 3.04. The number of para-hydroxylation sites is 1. The highest BCUT2D eigenvalue weighted by atomic mass is 15.2. The van der Waals surface area contributed by atoms with E-state index < -0.39 is 0 Å². The molecule has 1 aliphatic rings. The SMILES string of the molecule is CN(C)c1cc(NC2CCCN(c3ccccc3C#N)C2)ncn1. The maximum Gasteiger partial charge on any atom is 0.133 e. The minimum atomic E-state index is 0.301. The fourth-order valence-electron chi connectivity index (χ4n) is 3.04. The van der Waals surface area contributed by atoms with E-state index in [1.807, 2.05) is 49.3 Å². The zero-order chi connectivity index (χ0) is 16.9. The van der Waals surface area contributed by atoms with Gasteiger partial charge in [-0.2, -0.15) is 5.26 Å². The van der Waals surface area contributed by atoms with Crippen molar-refractivity contribution >= 4 is 17.3 Å². The summed E-state index contributed by atoms with van der Waals surface area (Å²) in [6, 6.07) is 12.3. The highest BCUT2D eigenvalue weighted by Gasteiger charge is 2.22. The number of nitrogens with zero attached hydrogens (tertiary/aromatic N) is 5. The number of nitrogens with one attached hydrogen (secondary N) is 1. The van der Waals surface area contributed by atoms with Gasteiger partial charge in [-0.15, -0.1) is 0 Å². The van der Waals surface area contributed by atoms with Gasteiger partial charge in [0.15, 0.2) is 0 Å². The van der Waals surface area contributed by atoms with Crippen molar-refractivity contribution in [1.82, 2.24) is 9.97 Å². The Labute approximate surface area is 142 Å². The molecule has 1 N–H and O–H groups in total. The summed E-state index contributed by atoms with van der Waals surface area (Å²) in [6.07, 6.45) is 3.76. The summed E-state index contributed by atoms with van der Waals surface area (Å²) in [6.45, 7) is 1.84. The van der Waals surface area contributed by atoms with Crippen LogP contribution in [0.25, 0.3) is 0 Å². The van der Waals surface area contributed by atoms with Crippen molar-refractivity contribution in [2.45, 2.75) is 18.9 Å². The third-order valence-corrected chi connectivity index (χ3v) is 4.25. The minimum absolute atomic E-state index is 0.301. The molecule has 1 aromatic carbocycles. The van der Waals surface area contributed by atoms with Crippen molar-refractivity contribution in [2.75, 3.05) is 42.3 Å². The van der Waals surface area contributed by atoms with Crippen LogP contribution < -0.4 is 15.1 Å². The van der Waals surface area contributed by atoms with E-state index in [1.165, 1.54) is 0 Å². The van der Waals surface area contributed by atoms with E-state index in [-0.39, 0.29) is 0 Å². The van der Waals surface area contributed by atoms with Gasteiger partial charge in [0.25, 0.3) is 0 Å². The van der Waals surface area contributed by atoms with Gasteiger partial charge in [0.1, 0.15) is 24.0 Å². The van der Waals surface area contributed by atoms with Crippen molar-refractivity contribution in [1.29, 1.82) is 5.26 Å². The Morgan fingerprint density at radius 3 is 2.92 bits per heavy atom. The lowest BCUT2D eigenvalue weighted by molar-refractivity contribution is 0.528. The molecule has 1 atom stereocenters. The lowest BCUT2D eigenvalue weighted by atomic mass is 10.0. The monoisotopic (exact) mass is 322 g/mol. The average Bonchev–Trinajstić information content (AvgIpc) is 2.62. The molecule has 6 heteroatoms. The number of rotatable bonds is 4. The Hall–Kier alpha value is -2.81. The van der Waals surface area contributed by atoms with Gasteiger partial charge in [0.2, 0.25) is 0 Å². The average molecular weight is 322 g/mol. The first-order valence-electron chi connectivity index (χ1n) is 8.17. The van der Waals surface area contributed by atoms with E-state index in [1.54, 1.807) is 6.33 Å². The smallest absolute Gasteiger partial charge is 0.133 e. The molecule has 6 nitrogen and oxygen atoms in total. The molecule has 0 amide bonds. The molecule has 2 heterocycles. The maximum absolute atomic E-state index is 9.32. The first kappa shape index (κ1) is 16.1. The Balaban J connectivity index is 1.72. The van der Waals surface area contributed by atoms with E-state index >= 15 is 0 Å². The predicted molar refractivity (Wildman–Crippen MR) is 96.4 cm³/mol. The van der Waals surface area contributed by atoms with Crippen LogP contribution >= 0.6 is 0 Å². The second-order valence-corrected chi connectivity index (χ2v) is 6.21. The second kappa shape index (κ2) is 7.18. The third kappa shape index (κ3) is 3.57. The van der Waals surface area contributed by atoms with Gasteiger partial charge in [0, 0.05) is 39.3 Å². The molecule has 1 aliphatic heterocycles. The molecule has 0 spiro atoms. The van der Waals surface area contributed by atoms with E-state index in [0.29, 0.717) is 6.04 Å². The van der Waals surface area contributed by atoms with Crippen LogP contribution in [-0.2, 0) is 0 Å². The number of anilines is 3. The van der Waals surface area contributed by atoms with E-state index in [9.17, 15) is 5.26 Å². The Bertz CT molecular complexity index is 736. The number of piperidine rings is 1. The van der Waals surface area contributed by atoms with Crippen molar-refractivity contribution in [3.63, 3.8) is 0 Å². The quantitative estimate of drug-likeness (QED) is 0.933. The number of hydrogen-bond acceptors (Lipinski definition) is 6. The standard InChI is InChI=1S/C18H22N6/c1-23(2)18-10-17(20-13-21-18)22-15-7-5-9-24(12-15)16-8-4-3-6-14(16)11-19/h3-4,6,8,10,13,15H,5,7,9,12H2,1-2H3,(H,20,21,22). The zero-order valence-corrected chi connectivity index (χ0v) is 14.1. The molecule has 2 aromatic rings. The summed E-state index contributed by atoms with van der Waals surface area (Å²) in [4.78, 5) is 12.8. The van der Waals surface area contributed by atoms with Gasteiger partial charge in [0.05, 0.1) is 11.3 Å². The molecule has 0 saturated carbocycles. The minimum Gasteiger partial charge on any atom is -0.368 e. The van der Waals surface area contributed by atoms with E-state index in [0.717, 1.165) is 48.8 Å². The zero-order valence-electron chi connectivity index (χ0n) is 14.1. The molecule has 0 bridgehead atoms. The van der Waals surface area contributed by atoms with Crippen molar-refractivity contribution in [3.8, 4) is 6.07 Å². The third-order valence-electron chi connectivity index (χ3n) is 4.25. The lowest BCUT2D eigenvalue weighted by Crippen LogP contribution is -2.42. The van der Waals surface area contributed by atoms with Crippen LogP contribution in [0.2, 0.25) is 0 Å². The summed E-state index contributed by atoms with van der Waals surface area (Å²) in [5, 5.41) is 12.8. The Kier molecular flexibility index (Phi) is 4.80. The normalized spacial score (nSPS) is 17.2. The summed E-state index contributed by atoms with van der Waals surface area (Å²) < 4.78 is 0. The molecule has 1 saturated heterocycles. The number of nitriles is 1. The molecule has 0 aliphatic carbocycles. The van der Waals surface area contributed by atoms with Crippen LogP contribution in [0.5, 0.6) is 0 Å². The largest absolute Gasteiger partial charge is 0.368 e. The molecule has 1 fully saturated rings. The Morgan fingerprint density at radius 2 is 2.12 bits per heavy atom. The molecule has 0 radical (unpaired) electrons. The number of aromatic nitrogens is 2. The highest BCUT2D eigenvalue weighted by molar-refractivity contribution is 5.60. The second-order valence-electron chi connectivity index (χ2n) is 6.21. The molecule has 3 rings (SSSR count). The topological polar surface area (TPSA) is 68.1 Å². The van der Waals surface area contributed by atoms with Gasteiger partial charge in [-0.3, -0.25) is 0 Å². The molecule has 24 heavy (non-hydrogen) atoms. The van der Waals surface area contributed by atoms with Gasteiger partial charge in [-0.1, -0.05) is 12.1 Å². The van der Waals surface area contributed by atoms with E-state index in [2.05, 4.69) is 26.3 Å². The van der Waals surface area contributed by atoms with Crippen molar-refractivity contribution in [2.24, 2.45) is 0 Å². The van der Waals surface area contributed by atoms with E-state index in [4.69, 9.17) is 0 Å². The fraction of sp³-hybridized carbons (Fsp3) is 0.389. The van der Waals surface area contributed by atoms with Gasteiger partial charge >= 0.3 is 0 Å². The first-order valence-corrected chi connectivity index (χ1v) is 8.17. The summed E-state index contributed by atoms with van der Waals surface area (Å²) in [7, 11) is 3.93. The van der Waals surface area contributed by atoms with Crippen molar-refractivity contribution < 1.29 is 0 Å². The molecular weight excluding hydrogens is 300 g/mol. The summed E-state index contributed by atoms with van der Waals surface area (Å²) in [5.41, 5.74) is 1.75. The highest BCUT2D eigenvalue weighted by Crippen LogP contribution is 2.25. The number of benzene rings is 1. The molecule has 1 aromatic heterocycles. The Morgan fingerprint density at radius 1 is 1.29 bits per heavy atom. The van der Waals surface area contributed by atoms with Crippen LogP contribution in [0.15, 0.2) is 36.7 Å². The van der Waals surface area contributed by atoms with Gasteiger partial charge in [-0.25, -0.2) is 9.97 Å². The van der Waals surface area contributed by atoms with Crippen LogP contribution in [0, 0.1) is 11.3 Å². The first-order chi connectivity index (χ1) is 11.7. The predicted octanol–water partition coefficient (Wildman–Crippen LogP) is 2.50. The summed E-state index contributed by atoms with van der Waals surface area (Å²) >= 11 is 0. The molecular formula is C18H22N6. The van der Waals surface area contributed by atoms with Crippen LogP contribution in [0.4, 0.5) is 17.3 Å². The van der Waals surface area contributed by atoms with Crippen molar-refractivity contribution in [3.05, 3.63) is 42.2 Å².